The number of carboxylic acids is 1. The first kappa shape index (κ1) is 23.7. The Balaban J connectivity index is 1.72. The number of ether oxygens (including phenoxy) is 4. The van der Waals surface area contributed by atoms with Gasteiger partial charge in [-0.15, -0.1) is 0 Å². The molecule has 2 aliphatic heterocycles. The summed E-state index contributed by atoms with van der Waals surface area (Å²) in [5.74, 6) is -0.421. The molecule has 0 spiro atoms. The number of carboxylic acid groups (broad SMARTS) is 1. The molecule has 0 unspecified atom stereocenters. The van der Waals surface area contributed by atoms with E-state index in [1.807, 2.05) is 37.3 Å². The van der Waals surface area contributed by atoms with Gasteiger partial charge >= 0.3 is 12.1 Å². The largest absolute Gasteiger partial charge is 0.494 e. The third-order valence-corrected chi connectivity index (χ3v) is 5.94. The van der Waals surface area contributed by atoms with Crippen LogP contribution in [0.1, 0.15) is 57.2 Å². The number of likely N-dealkylation sites (tertiary alicyclic amines) is 1. The first-order valence-corrected chi connectivity index (χ1v) is 11.5. The fraction of sp³-hybridized carbons (Fsp3) is 0.462. The van der Waals surface area contributed by atoms with Gasteiger partial charge in [-0.1, -0.05) is 25.1 Å². The smallest absolute Gasteiger partial charge is 0.410 e. The van der Waals surface area contributed by atoms with E-state index in [-0.39, 0.29) is 13.3 Å². The highest BCUT2D eigenvalue weighted by molar-refractivity contribution is 5.77. The minimum absolute atomic E-state index is 0.130. The lowest BCUT2D eigenvalue weighted by Crippen LogP contribution is -2.38. The lowest BCUT2D eigenvalue weighted by atomic mass is 9.83. The Kier molecular flexibility index (Phi) is 6.59. The molecule has 2 aliphatic rings. The fourth-order valence-corrected chi connectivity index (χ4v) is 4.49. The number of nitrogens with zero attached hydrogens (tertiary/aromatic N) is 1. The van der Waals surface area contributed by atoms with Crippen molar-refractivity contribution in [2.24, 2.45) is 5.92 Å². The van der Waals surface area contributed by atoms with Gasteiger partial charge in [0.2, 0.25) is 6.79 Å². The Morgan fingerprint density at radius 1 is 1.06 bits per heavy atom. The molecule has 4 rings (SSSR count). The minimum Gasteiger partial charge on any atom is -0.494 e. The zero-order chi connectivity index (χ0) is 24.5. The maximum absolute atomic E-state index is 13.2. The van der Waals surface area contributed by atoms with Crippen LogP contribution >= 0.6 is 0 Å². The van der Waals surface area contributed by atoms with E-state index in [0.717, 1.165) is 12.0 Å². The van der Waals surface area contributed by atoms with Crippen molar-refractivity contribution in [3.8, 4) is 17.2 Å². The highest BCUT2D eigenvalue weighted by atomic mass is 16.7. The molecule has 1 N–H and O–H groups in total. The van der Waals surface area contributed by atoms with Crippen LogP contribution < -0.4 is 14.2 Å². The maximum atomic E-state index is 13.2. The fourth-order valence-electron chi connectivity index (χ4n) is 4.49. The molecule has 0 radical (unpaired) electrons. The minimum atomic E-state index is -0.981. The molecule has 1 fully saturated rings. The van der Waals surface area contributed by atoms with Gasteiger partial charge < -0.3 is 24.1 Å². The first-order valence-electron chi connectivity index (χ1n) is 11.5. The molecule has 1 saturated heterocycles. The number of hydrogen-bond acceptors (Lipinski definition) is 6. The molecule has 182 valence electrons. The van der Waals surface area contributed by atoms with Crippen LogP contribution in [0.5, 0.6) is 17.2 Å². The van der Waals surface area contributed by atoms with E-state index in [9.17, 15) is 14.7 Å². The molecule has 8 heteroatoms. The molecular formula is C26H31NO7. The van der Waals surface area contributed by atoms with Gasteiger partial charge in [0.05, 0.1) is 18.6 Å². The number of carbonyl (C=O) groups is 2. The molecule has 34 heavy (non-hydrogen) atoms. The number of benzene rings is 2. The van der Waals surface area contributed by atoms with Gasteiger partial charge in [0.1, 0.15) is 11.4 Å². The van der Waals surface area contributed by atoms with Crippen LogP contribution in [0, 0.1) is 5.92 Å². The van der Waals surface area contributed by atoms with Crippen molar-refractivity contribution >= 4 is 12.1 Å². The Labute approximate surface area is 199 Å². The predicted molar refractivity (Wildman–Crippen MR) is 124 cm³/mol. The van der Waals surface area contributed by atoms with Crippen molar-refractivity contribution < 1.29 is 33.6 Å². The van der Waals surface area contributed by atoms with Crippen LogP contribution in [0.2, 0.25) is 0 Å². The summed E-state index contributed by atoms with van der Waals surface area (Å²) in [6.07, 6.45) is 0.341. The molecule has 2 aromatic rings. The van der Waals surface area contributed by atoms with Crippen LogP contribution in [0.25, 0.3) is 0 Å². The summed E-state index contributed by atoms with van der Waals surface area (Å²) in [6.45, 7) is 8.32. The highest BCUT2D eigenvalue weighted by Gasteiger charge is 2.50. The molecular weight excluding hydrogens is 438 g/mol. The number of aliphatic carboxylic acids is 1. The number of carbonyl (C=O) groups excluding carboxylic acids is 1. The van der Waals surface area contributed by atoms with Gasteiger partial charge in [-0.3, -0.25) is 9.69 Å². The molecule has 0 aliphatic carbocycles. The number of fused-ring (bicyclic) bond motifs is 1. The Bertz CT molecular complexity index is 1040. The van der Waals surface area contributed by atoms with Gasteiger partial charge in [-0.2, -0.15) is 0 Å². The van der Waals surface area contributed by atoms with Gasteiger partial charge in [-0.05, 0) is 62.6 Å². The standard InChI is InChI=1S/C26H31NO7/c1-5-12-31-18-9-6-16(7-10-18)23-22(24(28)29)19(14-27(23)25(30)34-26(2,3)4)17-8-11-20-21(13-17)33-15-32-20/h6-11,13,19,22-23H,5,12,14-15H2,1-4H3,(H,28,29)/t19-,22-,23+/m1/s1. The quantitative estimate of drug-likeness (QED) is 0.637. The van der Waals surface area contributed by atoms with Gasteiger partial charge in [0, 0.05) is 12.5 Å². The van der Waals surface area contributed by atoms with Crippen molar-refractivity contribution in [3.63, 3.8) is 0 Å². The summed E-state index contributed by atoms with van der Waals surface area (Å²) in [5.41, 5.74) is 0.774. The zero-order valence-corrected chi connectivity index (χ0v) is 19.9. The van der Waals surface area contributed by atoms with E-state index >= 15 is 0 Å². The van der Waals surface area contributed by atoms with Crippen molar-refractivity contribution in [2.45, 2.75) is 51.7 Å². The molecule has 2 aromatic carbocycles. The van der Waals surface area contributed by atoms with Gasteiger partial charge in [0.25, 0.3) is 0 Å². The summed E-state index contributed by atoms with van der Waals surface area (Å²) in [7, 11) is 0. The van der Waals surface area contributed by atoms with Gasteiger partial charge in [0.15, 0.2) is 11.5 Å². The van der Waals surface area contributed by atoms with E-state index < -0.39 is 35.5 Å². The first-order chi connectivity index (χ1) is 16.2. The SMILES string of the molecule is CCCOc1ccc([C@H]2[C@H](C(=O)O)[C@@H](c3ccc4c(c3)OCO4)CN2C(=O)OC(C)(C)C)cc1. The average Bonchev–Trinajstić information content (AvgIpc) is 3.41. The monoisotopic (exact) mass is 469 g/mol. The number of rotatable bonds is 6. The topological polar surface area (TPSA) is 94.5 Å². The maximum Gasteiger partial charge on any atom is 0.410 e. The van der Waals surface area contributed by atoms with Crippen LogP contribution in [-0.2, 0) is 9.53 Å². The average molecular weight is 470 g/mol. The molecule has 8 nitrogen and oxygen atoms in total. The second-order valence-electron chi connectivity index (χ2n) is 9.58. The molecule has 0 aromatic heterocycles. The second kappa shape index (κ2) is 9.44. The normalized spacial score (nSPS) is 21.4. The van der Waals surface area contributed by atoms with Crippen molar-refractivity contribution in [3.05, 3.63) is 53.6 Å². The number of hydrogen-bond donors (Lipinski definition) is 1. The molecule has 0 bridgehead atoms. The zero-order valence-electron chi connectivity index (χ0n) is 19.9. The Hall–Kier alpha value is -3.42. The van der Waals surface area contributed by atoms with E-state index in [0.29, 0.717) is 29.4 Å². The second-order valence-corrected chi connectivity index (χ2v) is 9.58. The van der Waals surface area contributed by atoms with Crippen LogP contribution in [0.4, 0.5) is 4.79 Å². The third-order valence-electron chi connectivity index (χ3n) is 5.94. The molecule has 1 amide bonds. The highest BCUT2D eigenvalue weighted by Crippen LogP contribution is 2.48. The molecule has 0 saturated carbocycles. The van der Waals surface area contributed by atoms with Crippen LogP contribution in [-0.4, -0.2) is 47.6 Å². The molecule has 2 heterocycles. The van der Waals surface area contributed by atoms with Crippen molar-refractivity contribution in [2.75, 3.05) is 19.9 Å². The van der Waals surface area contributed by atoms with Crippen molar-refractivity contribution in [1.82, 2.24) is 4.90 Å². The third kappa shape index (κ3) is 4.90. The van der Waals surface area contributed by atoms with Crippen LogP contribution in [0.3, 0.4) is 0 Å². The summed E-state index contributed by atoms with van der Waals surface area (Å²) < 4.78 is 22.2. The summed E-state index contributed by atoms with van der Waals surface area (Å²) in [5, 5.41) is 10.3. The van der Waals surface area contributed by atoms with E-state index in [2.05, 4.69) is 0 Å². The van der Waals surface area contributed by atoms with E-state index in [1.165, 1.54) is 4.90 Å². The Morgan fingerprint density at radius 2 is 1.74 bits per heavy atom. The van der Waals surface area contributed by atoms with Gasteiger partial charge in [-0.25, -0.2) is 4.79 Å². The van der Waals surface area contributed by atoms with Crippen molar-refractivity contribution in [1.29, 1.82) is 0 Å². The lowest BCUT2D eigenvalue weighted by Gasteiger charge is -2.30. The Morgan fingerprint density at radius 3 is 2.38 bits per heavy atom. The van der Waals surface area contributed by atoms with E-state index in [4.69, 9.17) is 18.9 Å². The molecule has 3 atom stereocenters. The predicted octanol–water partition coefficient (Wildman–Crippen LogP) is 4.98. The van der Waals surface area contributed by atoms with Crippen LogP contribution in [0.15, 0.2) is 42.5 Å². The summed E-state index contributed by atoms with van der Waals surface area (Å²) in [6, 6.07) is 12.0. The number of amides is 1. The summed E-state index contributed by atoms with van der Waals surface area (Å²) in [4.78, 5) is 27.4. The lowest BCUT2D eigenvalue weighted by molar-refractivity contribution is -0.143. The summed E-state index contributed by atoms with van der Waals surface area (Å²) >= 11 is 0. The van der Waals surface area contributed by atoms with E-state index in [1.54, 1.807) is 32.9 Å².